The highest BCUT2D eigenvalue weighted by Crippen LogP contribution is 2.41. The second kappa shape index (κ2) is 8.16. The van der Waals surface area contributed by atoms with Crippen molar-refractivity contribution >= 4 is 28.8 Å². The first-order chi connectivity index (χ1) is 13.3. The van der Waals surface area contributed by atoms with Crippen LogP contribution in [-0.2, 0) is 9.59 Å². The molecule has 148 valence electrons. The molecule has 28 heavy (non-hydrogen) atoms. The van der Waals surface area contributed by atoms with Crippen molar-refractivity contribution in [1.82, 2.24) is 9.80 Å². The molecule has 2 heterocycles. The summed E-state index contributed by atoms with van der Waals surface area (Å²) in [6.07, 6.45) is 0. The molecule has 6 nitrogen and oxygen atoms in total. The summed E-state index contributed by atoms with van der Waals surface area (Å²) >= 11 is 1.46. The van der Waals surface area contributed by atoms with Crippen LogP contribution in [-0.4, -0.2) is 60.9 Å². The first kappa shape index (κ1) is 20.1. The summed E-state index contributed by atoms with van der Waals surface area (Å²) in [6, 6.07) is 8.38. The third kappa shape index (κ3) is 3.68. The molecule has 1 aliphatic rings. The lowest BCUT2D eigenvalue weighted by Crippen LogP contribution is -2.35. The molecule has 1 aromatic heterocycles. The summed E-state index contributed by atoms with van der Waals surface area (Å²) in [5, 5.41) is 12.9. The number of aliphatic hydroxyl groups excluding tert-OH is 1. The van der Waals surface area contributed by atoms with Crippen LogP contribution in [0.3, 0.4) is 0 Å². The van der Waals surface area contributed by atoms with E-state index in [1.54, 1.807) is 30.2 Å². The Balaban J connectivity index is 2.10. The van der Waals surface area contributed by atoms with E-state index in [9.17, 15) is 14.7 Å². The van der Waals surface area contributed by atoms with E-state index >= 15 is 0 Å². The zero-order chi connectivity index (χ0) is 20.4. The zero-order valence-corrected chi connectivity index (χ0v) is 17.2. The third-order valence-electron chi connectivity index (χ3n) is 4.81. The smallest absolute Gasteiger partial charge is 0.295 e. The Morgan fingerprint density at radius 2 is 2.04 bits per heavy atom. The lowest BCUT2D eigenvalue weighted by atomic mass is 9.99. The van der Waals surface area contributed by atoms with Gasteiger partial charge in [0.15, 0.2) is 0 Å². The fourth-order valence-corrected chi connectivity index (χ4v) is 4.19. The largest absolute Gasteiger partial charge is 0.507 e. The molecule has 1 amide bonds. The van der Waals surface area contributed by atoms with Crippen LogP contribution < -0.4 is 4.74 Å². The molecule has 1 atom stereocenters. The number of Topliss-reactive ketones (excluding diaryl/α,β-unsaturated/α-hetero) is 1. The van der Waals surface area contributed by atoms with Crippen molar-refractivity contribution in [2.75, 3.05) is 34.3 Å². The van der Waals surface area contributed by atoms with Gasteiger partial charge in [-0.1, -0.05) is 6.07 Å². The van der Waals surface area contributed by atoms with Gasteiger partial charge in [0.2, 0.25) is 0 Å². The van der Waals surface area contributed by atoms with Crippen LogP contribution in [0.4, 0.5) is 0 Å². The number of likely N-dealkylation sites (tertiary alicyclic amines) is 1. The molecular weight excluding hydrogens is 376 g/mol. The van der Waals surface area contributed by atoms with Crippen molar-refractivity contribution in [1.29, 1.82) is 0 Å². The van der Waals surface area contributed by atoms with Gasteiger partial charge in [0.25, 0.3) is 11.7 Å². The number of carbonyl (C=O) groups excluding carboxylic acids is 2. The van der Waals surface area contributed by atoms with Gasteiger partial charge in [-0.2, -0.15) is 0 Å². The van der Waals surface area contributed by atoms with Gasteiger partial charge in [-0.05, 0) is 56.2 Å². The summed E-state index contributed by atoms with van der Waals surface area (Å²) in [7, 11) is 5.41. The molecule has 1 saturated heterocycles. The molecule has 0 radical (unpaired) electrons. The summed E-state index contributed by atoms with van der Waals surface area (Å²) in [4.78, 5) is 29.9. The van der Waals surface area contributed by atoms with Gasteiger partial charge in [-0.15, -0.1) is 11.3 Å². The van der Waals surface area contributed by atoms with Gasteiger partial charge in [-0.25, -0.2) is 0 Å². The van der Waals surface area contributed by atoms with E-state index in [1.807, 2.05) is 43.4 Å². The highest BCUT2D eigenvalue weighted by Gasteiger charge is 2.46. The van der Waals surface area contributed by atoms with E-state index < -0.39 is 17.7 Å². The normalized spacial score (nSPS) is 18.9. The number of ether oxygens (including phenoxy) is 1. The first-order valence-electron chi connectivity index (χ1n) is 8.96. The average Bonchev–Trinajstić information content (AvgIpc) is 3.27. The van der Waals surface area contributed by atoms with Gasteiger partial charge in [0, 0.05) is 23.5 Å². The molecule has 3 rings (SSSR count). The van der Waals surface area contributed by atoms with E-state index in [0.717, 1.165) is 10.4 Å². The van der Waals surface area contributed by atoms with Crippen molar-refractivity contribution in [2.45, 2.75) is 13.0 Å². The Morgan fingerprint density at radius 1 is 1.29 bits per heavy atom. The Kier molecular flexibility index (Phi) is 5.86. The van der Waals surface area contributed by atoms with Crippen LogP contribution >= 0.6 is 11.3 Å². The molecule has 1 aromatic carbocycles. The summed E-state index contributed by atoms with van der Waals surface area (Å²) in [5.74, 6) is -0.692. The van der Waals surface area contributed by atoms with Crippen LogP contribution in [0, 0.1) is 6.92 Å². The monoisotopic (exact) mass is 400 g/mol. The number of ketones is 1. The summed E-state index contributed by atoms with van der Waals surface area (Å²) < 4.78 is 5.26. The van der Waals surface area contributed by atoms with Crippen molar-refractivity contribution < 1.29 is 19.4 Å². The quantitative estimate of drug-likeness (QED) is 0.459. The molecule has 2 aromatic rings. The number of hydrogen-bond acceptors (Lipinski definition) is 6. The maximum Gasteiger partial charge on any atom is 0.295 e. The summed E-state index contributed by atoms with van der Waals surface area (Å²) in [6.45, 7) is 2.89. The molecule has 0 spiro atoms. The van der Waals surface area contributed by atoms with Gasteiger partial charge in [-0.3, -0.25) is 9.59 Å². The SMILES string of the molecule is COc1ccc(C(O)=C2C(=O)C(=O)N(CCN(C)C)C2c2cccs2)cc1C. The molecule has 1 fully saturated rings. The number of methoxy groups -OCH3 is 1. The molecule has 0 saturated carbocycles. The number of amides is 1. The lowest BCUT2D eigenvalue weighted by molar-refractivity contribution is -0.140. The van der Waals surface area contributed by atoms with Crippen LogP contribution in [0.5, 0.6) is 5.75 Å². The predicted octanol–water partition coefficient (Wildman–Crippen LogP) is 3.05. The Bertz CT molecular complexity index is 918. The van der Waals surface area contributed by atoms with Gasteiger partial charge in [0.05, 0.1) is 18.7 Å². The molecule has 1 unspecified atom stereocenters. The number of benzene rings is 1. The minimum Gasteiger partial charge on any atom is -0.507 e. The van der Waals surface area contributed by atoms with Crippen molar-refractivity contribution in [2.24, 2.45) is 0 Å². The minimum absolute atomic E-state index is 0.135. The standard InChI is InChI=1S/C21H24N2O4S/c1-13-12-14(7-8-15(13)27-4)19(24)17-18(16-6-5-11-28-16)23(10-9-22(2)3)21(26)20(17)25/h5-8,11-12,18,24H,9-10H2,1-4H3. The lowest BCUT2D eigenvalue weighted by Gasteiger charge is -2.25. The number of aryl methyl sites for hydroxylation is 1. The zero-order valence-electron chi connectivity index (χ0n) is 16.4. The topological polar surface area (TPSA) is 70.1 Å². The molecule has 0 bridgehead atoms. The number of aliphatic hydroxyl groups is 1. The maximum atomic E-state index is 12.8. The third-order valence-corrected chi connectivity index (χ3v) is 5.73. The number of rotatable bonds is 6. The fraction of sp³-hybridized carbons (Fsp3) is 0.333. The van der Waals surface area contributed by atoms with E-state index in [4.69, 9.17) is 4.74 Å². The summed E-state index contributed by atoms with van der Waals surface area (Å²) in [5.41, 5.74) is 1.46. The fourth-order valence-electron chi connectivity index (χ4n) is 3.34. The van der Waals surface area contributed by atoms with Crippen LogP contribution in [0.15, 0.2) is 41.3 Å². The second-order valence-corrected chi connectivity index (χ2v) is 7.97. The van der Waals surface area contributed by atoms with Crippen molar-refractivity contribution in [3.8, 4) is 5.75 Å². The molecule has 1 aliphatic heterocycles. The average molecular weight is 401 g/mol. The predicted molar refractivity (Wildman–Crippen MR) is 110 cm³/mol. The number of carbonyl (C=O) groups is 2. The maximum absolute atomic E-state index is 12.8. The minimum atomic E-state index is -0.650. The number of thiophene rings is 1. The van der Waals surface area contributed by atoms with E-state index in [0.29, 0.717) is 24.4 Å². The van der Waals surface area contributed by atoms with Crippen LogP contribution in [0.1, 0.15) is 22.0 Å². The number of likely N-dealkylation sites (N-methyl/N-ethyl adjacent to an activating group) is 1. The Morgan fingerprint density at radius 3 is 2.61 bits per heavy atom. The van der Waals surface area contributed by atoms with E-state index in [-0.39, 0.29) is 11.3 Å². The van der Waals surface area contributed by atoms with Crippen molar-refractivity contribution in [3.05, 3.63) is 57.3 Å². The van der Waals surface area contributed by atoms with Gasteiger partial charge in [0.1, 0.15) is 11.5 Å². The van der Waals surface area contributed by atoms with Crippen molar-refractivity contribution in [3.63, 3.8) is 0 Å². The van der Waals surface area contributed by atoms with Gasteiger partial charge < -0.3 is 19.6 Å². The Labute approximate surface area is 168 Å². The highest BCUT2D eigenvalue weighted by molar-refractivity contribution is 7.10. The molecule has 0 aliphatic carbocycles. The first-order valence-corrected chi connectivity index (χ1v) is 9.84. The second-order valence-electron chi connectivity index (χ2n) is 7.00. The molecular formula is C21H24N2O4S. The number of hydrogen-bond donors (Lipinski definition) is 1. The highest BCUT2D eigenvalue weighted by atomic mass is 32.1. The Hall–Kier alpha value is -2.64. The van der Waals surface area contributed by atoms with E-state index in [2.05, 4.69) is 0 Å². The van der Waals surface area contributed by atoms with E-state index in [1.165, 1.54) is 11.3 Å². The van der Waals surface area contributed by atoms with Gasteiger partial charge >= 0.3 is 0 Å². The van der Waals surface area contributed by atoms with Crippen LogP contribution in [0.25, 0.3) is 5.76 Å². The van der Waals surface area contributed by atoms with Crippen LogP contribution in [0.2, 0.25) is 0 Å². The molecule has 1 N–H and O–H groups in total. The molecule has 7 heteroatoms. The number of nitrogens with zero attached hydrogens (tertiary/aromatic N) is 2.